The second-order valence-corrected chi connectivity index (χ2v) is 7.69. The van der Waals surface area contributed by atoms with E-state index in [1.807, 2.05) is 0 Å². The molecule has 0 N–H and O–H groups in total. The van der Waals surface area contributed by atoms with Crippen LogP contribution in [-0.2, 0) is 6.42 Å². The van der Waals surface area contributed by atoms with Crippen molar-refractivity contribution >= 4 is 52.3 Å². The number of nitrogens with zero attached hydrogens (tertiary/aromatic N) is 3. The Kier molecular flexibility index (Phi) is 6.08. The zero-order valence-corrected chi connectivity index (χ0v) is 17.0. The molecule has 3 nitrogen and oxygen atoms in total. The lowest BCUT2D eigenvalue weighted by molar-refractivity contribution is 0.234. The van der Waals surface area contributed by atoms with Gasteiger partial charge in [-0.3, -0.25) is 4.90 Å². The SMILES string of the molecule is Cl.Cl.c1ccc2c(c1)C[C@H]2CN1CCN(c2nsc3ccccc23)CC1. The number of hydrogen-bond acceptors (Lipinski definition) is 4. The summed E-state index contributed by atoms with van der Waals surface area (Å²) in [5.74, 6) is 1.93. The summed E-state index contributed by atoms with van der Waals surface area (Å²) in [6.45, 7) is 5.67. The molecule has 1 aliphatic carbocycles. The number of hydrogen-bond donors (Lipinski definition) is 0. The second kappa shape index (κ2) is 8.13. The number of halogens is 2. The second-order valence-electron chi connectivity index (χ2n) is 6.89. The van der Waals surface area contributed by atoms with E-state index in [4.69, 9.17) is 4.37 Å². The number of rotatable bonds is 3. The lowest BCUT2D eigenvalue weighted by Gasteiger charge is -2.39. The van der Waals surface area contributed by atoms with E-state index in [9.17, 15) is 0 Å². The third kappa shape index (κ3) is 3.44. The van der Waals surface area contributed by atoms with Crippen LogP contribution in [0.1, 0.15) is 17.0 Å². The first kappa shape index (κ1) is 19.4. The first-order chi connectivity index (χ1) is 11.9. The predicted octanol–water partition coefficient (Wildman–Crippen LogP) is 4.60. The Balaban J connectivity index is 0.000000980. The fraction of sp³-hybridized carbons (Fsp3) is 0.350. The fourth-order valence-corrected chi connectivity index (χ4v) is 4.88. The summed E-state index contributed by atoms with van der Waals surface area (Å²) >= 11 is 1.62. The molecule has 5 rings (SSSR count). The highest BCUT2D eigenvalue weighted by Gasteiger charge is 2.29. The van der Waals surface area contributed by atoms with Crippen molar-refractivity contribution in [2.24, 2.45) is 0 Å². The number of piperazine rings is 1. The van der Waals surface area contributed by atoms with Crippen molar-refractivity contribution in [1.82, 2.24) is 9.27 Å². The fourth-order valence-electron chi connectivity index (χ4n) is 4.08. The molecule has 3 aromatic rings. The maximum atomic E-state index is 4.71. The van der Waals surface area contributed by atoms with Crippen molar-refractivity contribution in [1.29, 1.82) is 0 Å². The lowest BCUT2D eigenvalue weighted by atomic mass is 9.77. The molecule has 0 bridgehead atoms. The highest BCUT2D eigenvalue weighted by atomic mass is 35.5. The van der Waals surface area contributed by atoms with Crippen LogP contribution in [0, 0.1) is 0 Å². The van der Waals surface area contributed by atoms with Gasteiger partial charge in [-0.25, -0.2) is 0 Å². The van der Waals surface area contributed by atoms with Gasteiger partial charge >= 0.3 is 0 Å². The maximum absolute atomic E-state index is 4.71. The van der Waals surface area contributed by atoms with E-state index in [-0.39, 0.29) is 24.8 Å². The van der Waals surface area contributed by atoms with E-state index in [2.05, 4.69) is 58.3 Å². The van der Waals surface area contributed by atoms with Gasteiger partial charge in [-0.05, 0) is 41.2 Å². The van der Waals surface area contributed by atoms with E-state index < -0.39 is 0 Å². The quantitative estimate of drug-likeness (QED) is 0.632. The minimum Gasteiger partial charge on any atom is -0.353 e. The number of fused-ring (bicyclic) bond motifs is 2. The number of anilines is 1. The average molecular weight is 408 g/mol. The molecule has 1 atom stereocenters. The van der Waals surface area contributed by atoms with Crippen molar-refractivity contribution in [3.05, 3.63) is 59.7 Å². The van der Waals surface area contributed by atoms with E-state index in [1.165, 1.54) is 28.9 Å². The minimum atomic E-state index is 0. The molecule has 0 saturated carbocycles. The van der Waals surface area contributed by atoms with E-state index in [1.54, 1.807) is 22.7 Å². The molecule has 0 spiro atoms. The Morgan fingerprint density at radius 1 is 0.923 bits per heavy atom. The Morgan fingerprint density at radius 3 is 2.46 bits per heavy atom. The molecule has 138 valence electrons. The van der Waals surface area contributed by atoms with E-state index >= 15 is 0 Å². The summed E-state index contributed by atoms with van der Waals surface area (Å²) in [5, 5.41) is 1.31. The predicted molar refractivity (Wildman–Crippen MR) is 116 cm³/mol. The molecule has 1 aliphatic heterocycles. The molecule has 1 saturated heterocycles. The zero-order chi connectivity index (χ0) is 15.9. The van der Waals surface area contributed by atoms with Gasteiger partial charge in [-0.15, -0.1) is 24.8 Å². The van der Waals surface area contributed by atoms with Crippen molar-refractivity contribution in [3.63, 3.8) is 0 Å². The molecule has 0 unspecified atom stereocenters. The van der Waals surface area contributed by atoms with Crippen molar-refractivity contribution < 1.29 is 0 Å². The zero-order valence-electron chi connectivity index (χ0n) is 14.5. The highest BCUT2D eigenvalue weighted by molar-refractivity contribution is 7.13. The van der Waals surface area contributed by atoms with Gasteiger partial charge in [-0.1, -0.05) is 36.4 Å². The van der Waals surface area contributed by atoms with Gasteiger partial charge in [0.1, 0.15) is 5.82 Å². The molecule has 0 radical (unpaired) electrons. The summed E-state index contributed by atoms with van der Waals surface area (Å²) in [7, 11) is 0. The summed E-state index contributed by atoms with van der Waals surface area (Å²) in [5.41, 5.74) is 3.13. The molecule has 0 amide bonds. The molecule has 2 heterocycles. The van der Waals surface area contributed by atoms with Gasteiger partial charge in [0, 0.05) is 44.0 Å². The van der Waals surface area contributed by atoms with Gasteiger partial charge in [0.15, 0.2) is 0 Å². The lowest BCUT2D eigenvalue weighted by Crippen LogP contribution is -2.48. The maximum Gasteiger partial charge on any atom is 0.150 e. The number of benzene rings is 2. The summed E-state index contributed by atoms with van der Waals surface area (Å²) in [6, 6.07) is 17.5. The van der Waals surface area contributed by atoms with Crippen LogP contribution >= 0.6 is 36.3 Å². The topological polar surface area (TPSA) is 19.4 Å². The van der Waals surface area contributed by atoms with Gasteiger partial charge in [-0.2, -0.15) is 4.37 Å². The minimum absolute atomic E-state index is 0. The summed E-state index contributed by atoms with van der Waals surface area (Å²) in [6.07, 6.45) is 1.26. The van der Waals surface area contributed by atoms with Gasteiger partial charge in [0.25, 0.3) is 0 Å². The summed E-state index contributed by atoms with van der Waals surface area (Å²) in [4.78, 5) is 5.09. The molecule has 6 heteroatoms. The van der Waals surface area contributed by atoms with Crippen LogP contribution in [0.15, 0.2) is 48.5 Å². The Morgan fingerprint density at radius 2 is 1.65 bits per heavy atom. The molecule has 1 aromatic heterocycles. The van der Waals surface area contributed by atoms with Crippen LogP contribution in [0.3, 0.4) is 0 Å². The third-order valence-corrected chi connectivity index (χ3v) is 6.29. The van der Waals surface area contributed by atoms with Crippen LogP contribution in [0.2, 0.25) is 0 Å². The Bertz CT molecular complexity index is 874. The van der Waals surface area contributed by atoms with Crippen LogP contribution in [0.5, 0.6) is 0 Å². The molecule has 26 heavy (non-hydrogen) atoms. The van der Waals surface area contributed by atoms with Crippen LogP contribution < -0.4 is 4.90 Å². The highest BCUT2D eigenvalue weighted by Crippen LogP contribution is 2.36. The van der Waals surface area contributed by atoms with Crippen molar-refractivity contribution in [2.45, 2.75) is 12.3 Å². The van der Waals surface area contributed by atoms with Crippen molar-refractivity contribution in [3.8, 4) is 0 Å². The van der Waals surface area contributed by atoms with Crippen molar-refractivity contribution in [2.75, 3.05) is 37.6 Å². The van der Waals surface area contributed by atoms with E-state index in [0.717, 1.165) is 32.1 Å². The van der Waals surface area contributed by atoms with Gasteiger partial charge < -0.3 is 4.90 Å². The van der Waals surface area contributed by atoms with Gasteiger partial charge in [0.2, 0.25) is 0 Å². The first-order valence-corrected chi connectivity index (χ1v) is 9.55. The molecule has 2 aromatic carbocycles. The smallest absolute Gasteiger partial charge is 0.150 e. The molecular weight excluding hydrogens is 385 g/mol. The molecule has 2 aliphatic rings. The monoisotopic (exact) mass is 407 g/mol. The largest absolute Gasteiger partial charge is 0.353 e. The van der Waals surface area contributed by atoms with Crippen LogP contribution in [0.4, 0.5) is 5.82 Å². The van der Waals surface area contributed by atoms with E-state index in [0.29, 0.717) is 0 Å². The van der Waals surface area contributed by atoms with Crippen LogP contribution in [-0.4, -0.2) is 42.0 Å². The molecular formula is C20H23Cl2N3S. The number of aromatic nitrogens is 1. The normalized spacial score (nSPS) is 19.2. The van der Waals surface area contributed by atoms with Crippen LogP contribution in [0.25, 0.3) is 10.1 Å². The Labute approximate surface area is 171 Å². The molecule has 1 fully saturated rings. The third-order valence-electron chi connectivity index (χ3n) is 5.47. The summed E-state index contributed by atoms with van der Waals surface area (Å²) < 4.78 is 6.00. The standard InChI is InChI=1S/C20H21N3S.2ClH/c1-2-6-17-15(5-1)13-16(17)14-22-9-11-23(12-10-22)20-18-7-3-4-8-19(18)24-21-20;;/h1-8,16H,9-14H2;2*1H/t16-;;/m0../s1. The first-order valence-electron chi connectivity index (χ1n) is 8.78. The average Bonchev–Trinajstić information content (AvgIpc) is 3.04. The Hall–Kier alpha value is -1.33. The van der Waals surface area contributed by atoms with Gasteiger partial charge in [0.05, 0.1) is 4.70 Å².